The lowest BCUT2D eigenvalue weighted by Crippen LogP contribution is -2.46. The summed E-state index contributed by atoms with van der Waals surface area (Å²) in [6.45, 7) is 7.86. The van der Waals surface area contributed by atoms with Crippen LogP contribution in [0.25, 0.3) is 0 Å². The van der Waals surface area contributed by atoms with Gasteiger partial charge in [-0.2, -0.15) is 0 Å². The van der Waals surface area contributed by atoms with Gasteiger partial charge in [-0.25, -0.2) is 0 Å². The molecule has 0 radical (unpaired) electrons. The normalized spacial score (nSPS) is 16.9. The van der Waals surface area contributed by atoms with E-state index < -0.39 is 6.04 Å². The van der Waals surface area contributed by atoms with Gasteiger partial charge in [0.05, 0.1) is 0 Å². The molecule has 3 aromatic rings. The molecule has 34 heavy (non-hydrogen) atoms. The van der Waals surface area contributed by atoms with Gasteiger partial charge < -0.3 is 20.0 Å². The number of carbonyl (C=O) groups is 2. The molecule has 6 nitrogen and oxygen atoms in total. The molecule has 0 spiro atoms. The summed E-state index contributed by atoms with van der Waals surface area (Å²) in [5.41, 5.74) is 4.31. The average molecular weight is 455 g/mol. The molecule has 2 aliphatic rings. The van der Waals surface area contributed by atoms with Crippen LogP contribution in [-0.2, 0) is 11.3 Å². The van der Waals surface area contributed by atoms with Gasteiger partial charge in [-0.3, -0.25) is 9.59 Å². The second-order valence-electron chi connectivity index (χ2n) is 8.86. The van der Waals surface area contributed by atoms with E-state index in [2.05, 4.69) is 34.2 Å². The van der Waals surface area contributed by atoms with Gasteiger partial charge in [0.2, 0.25) is 0 Å². The fourth-order valence-corrected chi connectivity index (χ4v) is 4.88. The van der Waals surface area contributed by atoms with Crippen LogP contribution in [0.3, 0.4) is 0 Å². The second kappa shape index (κ2) is 9.69. The van der Waals surface area contributed by atoms with Crippen LogP contribution in [0, 0.1) is 0 Å². The number of hydrogen-bond donors (Lipinski definition) is 1. The molecule has 0 aromatic heterocycles. The minimum atomic E-state index is -0.706. The molecular weight excluding hydrogens is 424 g/mol. The highest BCUT2D eigenvalue weighted by molar-refractivity contribution is 6.04. The zero-order valence-corrected chi connectivity index (χ0v) is 19.5. The Labute approximate surface area is 200 Å². The first-order valence-electron chi connectivity index (χ1n) is 12.0. The number of nitrogens with zero attached hydrogens (tertiary/aromatic N) is 3. The van der Waals surface area contributed by atoms with Crippen LogP contribution >= 0.6 is 0 Å². The molecule has 2 aliphatic heterocycles. The van der Waals surface area contributed by atoms with Gasteiger partial charge in [-0.05, 0) is 48.0 Å². The van der Waals surface area contributed by atoms with Gasteiger partial charge in [0.1, 0.15) is 6.04 Å². The number of anilines is 2. The van der Waals surface area contributed by atoms with Crippen molar-refractivity contribution in [2.75, 3.05) is 42.9 Å². The van der Waals surface area contributed by atoms with Crippen LogP contribution in [0.4, 0.5) is 11.4 Å². The van der Waals surface area contributed by atoms with Crippen molar-refractivity contribution in [1.82, 2.24) is 9.80 Å². The third-order valence-electron chi connectivity index (χ3n) is 6.84. The Balaban J connectivity index is 1.33. The van der Waals surface area contributed by atoms with Crippen molar-refractivity contribution in [3.8, 4) is 0 Å². The van der Waals surface area contributed by atoms with Gasteiger partial charge in [0.25, 0.3) is 11.8 Å². The lowest BCUT2D eigenvalue weighted by atomic mass is 10.0. The van der Waals surface area contributed by atoms with Crippen molar-refractivity contribution < 1.29 is 9.59 Å². The average Bonchev–Trinajstić information content (AvgIpc) is 3.21. The maximum Gasteiger partial charge on any atom is 0.255 e. The van der Waals surface area contributed by atoms with Gasteiger partial charge in [0.15, 0.2) is 0 Å². The number of nitrogens with one attached hydrogen (secondary N) is 1. The van der Waals surface area contributed by atoms with E-state index in [1.807, 2.05) is 66.7 Å². The lowest BCUT2D eigenvalue weighted by molar-refractivity contribution is -0.120. The largest absolute Gasteiger partial charge is 0.369 e. The molecule has 1 atom stereocenters. The number of amides is 2. The van der Waals surface area contributed by atoms with E-state index in [9.17, 15) is 9.59 Å². The van der Waals surface area contributed by atoms with Crippen LogP contribution in [-0.4, -0.2) is 54.3 Å². The summed E-state index contributed by atoms with van der Waals surface area (Å²) in [4.78, 5) is 33.2. The predicted octanol–water partition coefficient (Wildman–Crippen LogP) is 4.16. The minimum absolute atomic E-state index is 0.110. The summed E-state index contributed by atoms with van der Waals surface area (Å²) in [5, 5.41) is 3.05. The fourth-order valence-electron chi connectivity index (χ4n) is 4.88. The van der Waals surface area contributed by atoms with Crippen LogP contribution in [0.5, 0.6) is 0 Å². The standard InChI is InChI=1S/C28H30N4O2/c1-2-30-16-18-31(19-17-30)24-14-12-23(13-15-24)29-27(33)26(21-8-4-3-5-9-21)32-20-22-10-6-7-11-25(22)28(32)34/h3-15,26H,2,16-20H2,1H3,(H,29,33)/t26-/m1/s1. The molecule has 2 heterocycles. The highest BCUT2D eigenvalue weighted by Crippen LogP contribution is 2.32. The van der Waals surface area contributed by atoms with Crippen molar-refractivity contribution in [1.29, 1.82) is 0 Å². The fraction of sp³-hybridized carbons (Fsp3) is 0.286. The number of benzene rings is 3. The van der Waals surface area contributed by atoms with E-state index in [0.717, 1.165) is 49.5 Å². The molecule has 3 aromatic carbocycles. The molecule has 1 saturated heterocycles. The highest BCUT2D eigenvalue weighted by atomic mass is 16.2. The molecule has 6 heteroatoms. The molecular formula is C28H30N4O2. The smallest absolute Gasteiger partial charge is 0.255 e. The first kappa shape index (κ1) is 22.2. The van der Waals surface area contributed by atoms with Crippen molar-refractivity contribution in [3.63, 3.8) is 0 Å². The molecule has 1 fully saturated rings. The third-order valence-corrected chi connectivity index (χ3v) is 6.84. The van der Waals surface area contributed by atoms with Crippen LogP contribution in [0.15, 0.2) is 78.9 Å². The number of fused-ring (bicyclic) bond motifs is 1. The molecule has 0 unspecified atom stereocenters. The first-order chi connectivity index (χ1) is 16.6. The van der Waals surface area contributed by atoms with Crippen molar-refractivity contribution >= 4 is 23.2 Å². The lowest BCUT2D eigenvalue weighted by Gasteiger charge is -2.35. The predicted molar refractivity (Wildman–Crippen MR) is 135 cm³/mol. The third kappa shape index (κ3) is 4.41. The quantitative estimate of drug-likeness (QED) is 0.608. The molecule has 174 valence electrons. The summed E-state index contributed by atoms with van der Waals surface area (Å²) in [5.74, 6) is -0.321. The summed E-state index contributed by atoms with van der Waals surface area (Å²) in [6, 6.07) is 24.4. The van der Waals surface area contributed by atoms with Gasteiger partial charge in [-0.1, -0.05) is 55.5 Å². The topological polar surface area (TPSA) is 55.9 Å². The van der Waals surface area contributed by atoms with E-state index in [1.54, 1.807) is 4.90 Å². The van der Waals surface area contributed by atoms with Crippen LogP contribution in [0.2, 0.25) is 0 Å². The van der Waals surface area contributed by atoms with E-state index in [4.69, 9.17) is 0 Å². The SMILES string of the molecule is CCN1CCN(c2ccc(NC(=O)[C@@H](c3ccccc3)N3Cc4ccccc4C3=O)cc2)CC1. The Bertz CT molecular complexity index is 1150. The van der Waals surface area contributed by atoms with E-state index in [0.29, 0.717) is 12.1 Å². The van der Waals surface area contributed by atoms with Crippen molar-refractivity contribution in [3.05, 3.63) is 95.6 Å². The number of likely N-dealkylation sites (N-methyl/N-ethyl adjacent to an activating group) is 1. The molecule has 0 bridgehead atoms. The maximum absolute atomic E-state index is 13.5. The number of piperazine rings is 1. The second-order valence-corrected chi connectivity index (χ2v) is 8.86. The van der Waals surface area contributed by atoms with Gasteiger partial charge in [-0.15, -0.1) is 0 Å². The van der Waals surface area contributed by atoms with E-state index in [1.165, 1.54) is 5.69 Å². The Morgan fingerprint density at radius 1 is 0.882 bits per heavy atom. The molecule has 2 amide bonds. The van der Waals surface area contributed by atoms with Crippen LogP contribution < -0.4 is 10.2 Å². The van der Waals surface area contributed by atoms with Crippen molar-refractivity contribution in [2.24, 2.45) is 0 Å². The Morgan fingerprint density at radius 3 is 2.24 bits per heavy atom. The Morgan fingerprint density at radius 2 is 1.56 bits per heavy atom. The highest BCUT2D eigenvalue weighted by Gasteiger charge is 2.37. The summed E-state index contributed by atoms with van der Waals surface area (Å²) in [7, 11) is 0. The molecule has 1 N–H and O–H groups in total. The van der Waals surface area contributed by atoms with E-state index >= 15 is 0 Å². The zero-order valence-electron chi connectivity index (χ0n) is 19.5. The molecule has 0 aliphatic carbocycles. The molecule has 0 saturated carbocycles. The monoisotopic (exact) mass is 454 g/mol. The Hall–Kier alpha value is -3.64. The zero-order chi connectivity index (χ0) is 23.5. The summed E-state index contributed by atoms with van der Waals surface area (Å²) in [6.07, 6.45) is 0. The maximum atomic E-state index is 13.5. The number of rotatable bonds is 6. The summed E-state index contributed by atoms with van der Waals surface area (Å²) >= 11 is 0. The first-order valence-corrected chi connectivity index (χ1v) is 12.0. The summed E-state index contributed by atoms with van der Waals surface area (Å²) < 4.78 is 0. The van der Waals surface area contributed by atoms with Gasteiger partial charge in [0, 0.05) is 49.7 Å². The molecule has 5 rings (SSSR count). The van der Waals surface area contributed by atoms with Crippen LogP contribution in [0.1, 0.15) is 34.5 Å². The van der Waals surface area contributed by atoms with E-state index in [-0.39, 0.29) is 11.8 Å². The Kier molecular flexibility index (Phi) is 6.32. The minimum Gasteiger partial charge on any atom is -0.369 e. The number of hydrogen-bond acceptors (Lipinski definition) is 4. The number of carbonyl (C=O) groups excluding carboxylic acids is 2. The van der Waals surface area contributed by atoms with Gasteiger partial charge >= 0.3 is 0 Å². The van der Waals surface area contributed by atoms with Crippen molar-refractivity contribution in [2.45, 2.75) is 19.5 Å².